The number of hydrogen-bond donors (Lipinski definition) is 1. The summed E-state index contributed by atoms with van der Waals surface area (Å²) in [7, 11) is 0. The molecule has 3 aromatic rings. The molecular weight excluding hydrogens is 286 g/mol. The molecule has 0 spiro atoms. The third kappa shape index (κ3) is 2.63. The number of para-hydroxylation sites is 1. The lowest BCUT2D eigenvalue weighted by Crippen LogP contribution is -2.29. The summed E-state index contributed by atoms with van der Waals surface area (Å²) in [5.41, 5.74) is 3.47. The molecule has 23 heavy (non-hydrogen) atoms. The Morgan fingerprint density at radius 3 is 2.57 bits per heavy atom. The zero-order valence-corrected chi connectivity index (χ0v) is 12.7. The summed E-state index contributed by atoms with van der Waals surface area (Å²) in [6, 6.07) is 15.5. The topological polar surface area (TPSA) is 49.2 Å². The zero-order chi connectivity index (χ0) is 15.6. The first kappa shape index (κ1) is 13.8. The first-order valence-corrected chi connectivity index (χ1v) is 7.74. The van der Waals surface area contributed by atoms with E-state index in [1.54, 1.807) is 18.5 Å². The van der Waals surface area contributed by atoms with Crippen LogP contribution in [0.3, 0.4) is 0 Å². The number of aromatic hydroxyl groups is 1. The number of fused-ring (bicyclic) bond motifs is 1. The summed E-state index contributed by atoms with van der Waals surface area (Å²) < 4.78 is 0. The minimum Gasteiger partial charge on any atom is -0.508 e. The van der Waals surface area contributed by atoms with Crippen LogP contribution in [0.1, 0.15) is 12.0 Å². The lowest BCUT2D eigenvalue weighted by molar-refractivity contribution is 0.475. The molecule has 0 aliphatic carbocycles. The predicted molar refractivity (Wildman–Crippen MR) is 92.5 cm³/mol. The van der Waals surface area contributed by atoms with Crippen molar-refractivity contribution in [3.63, 3.8) is 0 Å². The predicted octanol–water partition coefficient (Wildman–Crippen LogP) is 3.63. The van der Waals surface area contributed by atoms with Gasteiger partial charge in [0, 0.05) is 18.5 Å². The SMILES string of the molecule is Oc1ccc(C2=CCN(c3ncnc4ccccc34)CC2)cc1. The van der Waals surface area contributed by atoms with E-state index in [9.17, 15) is 5.11 Å². The summed E-state index contributed by atoms with van der Waals surface area (Å²) in [4.78, 5) is 11.1. The van der Waals surface area contributed by atoms with Gasteiger partial charge in [-0.1, -0.05) is 30.3 Å². The largest absolute Gasteiger partial charge is 0.508 e. The van der Waals surface area contributed by atoms with Crippen molar-refractivity contribution in [3.05, 3.63) is 66.5 Å². The fourth-order valence-corrected chi connectivity index (χ4v) is 3.04. The van der Waals surface area contributed by atoms with Crippen molar-refractivity contribution in [2.75, 3.05) is 18.0 Å². The van der Waals surface area contributed by atoms with Crippen LogP contribution in [0.5, 0.6) is 5.75 Å². The lowest BCUT2D eigenvalue weighted by Gasteiger charge is -2.28. The van der Waals surface area contributed by atoms with Crippen LogP contribution in [0.25, 0.3) is 16.5 Å². The maximum absolute atomic E-state index is 9.40. The molecule has 4 heteroatoms. The number of aromatic nitrogens is 2. The molecule has 2 heterocycles. The minimum atomic E-state index is 0.305. The molecule has 0 unspecified atom stereocenters. The number of nitrogens with zero attached hydrogens (tertiary/aromatic N) is 3. The van der Waals surface area contributed by atoms with Crippen molar-refractivity contribution in [1.29, 1.82) is 0 Å². The smallest absolute Gasteiger partial charge is 0.140 e. The van der Waals surface area contributed by atoms with E-state index in [2.05, 4.69) is 27.0 Å². The van der Waals surface area contributed by atoms with Crippen LogP contribution in [0.15, 0.2) is 60.9 Å². The van der Waals surface area contributed by atoms with Gasteiger partial charge in [-0.25, -0.2) is 9.97 Å². The van der Waals surface area contributed by atoms with Crippen LogP contribution in [0.2, 0.25) is 0 Å². The van der Waals surface area contributed by atoms with Crippen LogP contribution in [-0.4, -0.2) is 28.2 Å². The van der Waals surface area contributed by atoms with Crippen LogP contribution >= 0.6 is 0 Å². The highest BCUT2D eigenvalue weighted by molar-refractivity contribution is 5.89. The van der Waals surface area contributed by atoms with Crippen LogP contribution in [0.4, 0.5) is 5.82 Å². The monoisotopic (exact) mass is 303 g/mol. The highest BCUT2D eigenvalue weighted by Crippen LogP contribution is 2.28. The van der Waals surface area contributed by atoms with Crippen molar-refractivity contribution in [3.8, 4) is 5.75 Å². The molecule has 2 aromatic carbocycles. The van der Waals surface area contributed by atoms with Crippen molar-refractivity contribution in [2.45, 2.75) is 6.42 Å². The molecule has 114 valence electrons. The molecule has 0 radical (unpaired) electrons. The lowest BCUT2D eigenvalue weighted by atomic mass is 9.99. The molecule has 0 saturated heterocycles. The average molecular weight is 303 g/mol. The molecule has 1 aliphatic heterocycles. The van der Waals surface area contributed by atoms with Crippen molar-refractivity contribution >= 4 is 22.3 Å². The van der Waals surface area contributed by atoms with E-state index in [0.717, 1.165) is 36.2 Å². The Bertz CT molecular complexity index is 866. The molecule has 0 saturated carbocycles. The van der Waals surface area contributed by atoms with E-state index in [-0.39, 0.29) is 0 Å². The third-order valence-electron chi connectivity index (χ3n) is 4.27. The fraction of sp³-hybridized carbons (Fsp3) is 0.158. The zero-order valence-electron chi connectivity index (χ0n) is 12.7. The molecular formula is C19H17N3O. The second kappa shape index (κ2) is 5.72. The van der Waals surface area contributed by atoms with Gasteiger partial charge in [-0.2, -0.15) is 0 Å². The van der Waals surface area contributed by atoms with Gasteiger partial charge in [-0.15, -0.1) is 0 Å². The number of benzene rings is 2. The molecule has 0 atom stereocenters. The first-order chi connectivity index (χ1) is 11.3. The normalized spacial score (nSPS) is 14.8. The molecule has 0 bridgehead atoms. The highest BCUT2D eigenvalue weighted by Gasteiger charge is 2.16. The summed E-state index contributed by atoms with van der Waals surface area (Å²) in [6.45, 7) is 1.75. The molecule has 1 aliphatic rings. The Kier molecular flexibility index (Phi) is 3.42. The summed E-state index contributed by atoms with van der Waals surface area (Å²) in [5.74, 6) is 1.30. The van der Waals surface area contributed by atoms with Crippen molar-refractivity contribution in [1.82, 2.24) is 9.97 Å². The van der Waals surface area contributed by atoms with E-state index >= 15 is 0 Å². The Balaban J connectivity index is 1.62. The van der Waals surface area contributed by atoms with E-state index in [0.29, 0.717) is 5.75 Å². The van der Waals surface area contributed by atoms with E-state index in [1.165, 1.54) is 11.1 Å². The summed E-state index contributed by atoms with van der Waals surface area (Å²) in [6.07, 6.45) is 4.84. The van der Waals surface area contributed by atoms with E-state index < -0.39 is 0 Å². The number of rotatable bonds is 2. The number of phenols is 1. The third-order valence-corrected chi connectivity index (χ3v) is 4.27. The van der Waals surface area contributed by atoms with E-state index in [4.69, 9.17) is 0 Å². The maximum Gasteiger partial charge on any atom is 0.140 e. The van der Waals surface area contributed by atoms with Gasteiger partial charge < -0.3 is 10.0 Å². The van der Waals surface area contributed by atoms with Crippen LogP contribution < -0.4 is 4.90 Å². The van der Waals surface area contributed by atoms with Gasteiger partial charge in [-0.05, 0) is 41.8 Å². The van der Waals surface area contributed by atoms with Gasteiger partial charge in [0.15, 0.2) is 0 Å². The van der Waals surface area contributed by atoms with Crippen LogP contribution in [-0.2, 0) is 0 Å². The Morgan fingerprint density at radius 2 is 1.78 bits per heavy atom. The van der Waals surface area contributed by atoms with Crippen LogP contribution in [0, 0.1) is 0 Å². The summed E-state index contributed by atoms with van der Waals surface area (Å²) >= 11 is 0. The Morgan fingerprint density at radius 1 is 0.957 bits per heavy atom. The van der Waals surface area contributed by atoms with E-state index in [1.807, 2.05) is 30.3 Å². The number of hydrogen-bond acceptors (Lipinski definition) is 4. The van der Waals surface area contributed by atoms with Gasteiger partial charge in [0.2, 0.25) is 0 Å². The second-order valence-corrected chi connectivity index (χ2v) is 5.69. The fourth-order valence-electron chi connectivity index (χ4n) is 3.04. The standard InChI is InChI=1S/C19H17N3O/c23-16-7-5-14(6-8-16)15-9-11-22(12-10-15)19-17-3-1-2-4-18(17)20-13-21-19/h1-9,13,23H,10-12H2. The molecule has 1 N–H and O–H groups in total. The first-order valence-electron chi connectivity index (χ1n) is 7.74. The molecule has 4 nitrogen and oxygen atoms in total. The van der Waals surface area contributed by atoms with Gasteiger partial charge >= 0.3 is 0 Å². The average Bonchev–Trinajstić information content (AvgIpc) is 2.62. The van der Waals surface area contributed by atoms with Gasteiger partial charge in [-0.3, -0.25) is 0 Å². The molecule has 4 rings (SSSR count). The number of phenolic OH excluding ortho intramolecular Hbond substituents is 1. The van der Waals surface area contributed by atoms with Crippen molar-refractivity contribution < 1.29 is 5.11 Å². The van der Waals surface area contributed by atoms with Crippen molar-refractivity contribution in [2.24, 2.45) is 0 Å². The molecule has 1 aromatic heterocycles. The maximum atomic E-state index is 9.40. The summed E-state index contributed by atoms with van der Waals surface area (Å²) in [5, 5.41) is 10.5. The van der Waals surface area contributed by atoms with Gasteiger partial charge in [0.05, 0.1) is 5.52 Å². The Labute approximate surface area is 134 Å². The molecule has 0 amide bonds. The van der Waals surface area contributed by atoms with Gasteiger partial charge in [0.25, 0.3) is 0 Å². The highest BCUT2D eigenvalue weighted by atomic mass is 16.3. The Hall–Kier alpha value is -2.88. The second-order valence-electron chi connectivity index (χ2n) is 5.69. The quantitative estimate of drug-likeness (QED) is 0.785. The van der Waals surface area contributed by atoms with Gasteiger partial charge in [0.1, 0.15) is 17.9 Å². The minimum absolute atomic E-state index is 0.305. The number of anilines is 1. The molecule has 0 fully saturated rings.